The summed E-state index contributed by atoms with van der Waals surface area (Å²) in [6.07, 6.45) is 1.77. The van der Waals surface area contributed by atoms with Crippen molar-refractivity contribution in [2.75, 3.05) is 0 Å². The molecule has 1 aromatic heterocycles. The Morgan fingerprint density at radius 1 is 1.10 bits per heavy atom. The molecule has 0 saturated heterocycles. The molecular weight excluding hydrogens is 285 g/mol. The highest BCUT2D eigenvalue weighted by molar-refractivity contribution is 6.31. The highest BCUT2D eigenvalue weighted by Gasteiger charge is 2.11. The first-order chi connectivity index (χ1) is 10.1. The predicted octanol–water partition coefficient (Wildman–Crippen LogP) is 5.82. The fraction of sp³-hybridized carbons (Fsp3) is 0.167. The van der Waals surface area contributed by atoms with Crippen LogP contribution in [0, 0.1) is 5.82 Å². The Kier molecular flexibility index (Phi) is 3.64. The molecule has 0 radical (unpaired) electrons. The van der Waals surface area contributed by atoms with Crippen molar-refractivity contribution >= 4 is 22.5 Å². The van der Waals surface area contributed by atoms with Crippen LogP contribution in [-0.2, 0) is 0 Å². The third kappa shape index (κ3) is 2.64. The number of benzene rings is 2. The molecule has 2 aromatic carbocycles. The fourth-order valence-electron chi connectivity index (χ4n) is 2.43. The average Bonchev–Trinajstić information content (AvgIpc) is 2.49. The van der Waals surface area contributed by atoms with Crippen molar-refractivity contribution in [1.82, 2.24) is 4.98 Å². The molecular formula is C18H15ClFN. The lowest BCUT2D eigenvalue weighted by molar-refractivity contribution is 0.628. The summed E-state index contributed by atoms with van der Waals surface area (Å²) < 4.78 is 13.4. The van der Waals surface area contributed by atoms with E-state index >= 15 is 0 Å². The van der Waals surface area contributed by atoms with Gasteiger partial charge >= 0.3 is 0 Å². The zero-order chi connectivity index (χ0) is 15.0. The Labute approximate surface area is 128 Å². The van der Waals surface area contributed by atoms with E-state index in [0.717, 1.165) is 22.0 Å². The van der Waals surface area contributed by atoms with Gasteiger partial charge in [0.05, 0.1) is 10.5 Å². The largest absolute Gasteiger partial charge is 0.256 e. The van der Waals surface area contributed by atoms with Gasteiger partial charge in [0.2, 0.25) is 0 Å². The zero-order valence-electron chi connectivity index (χ0n) is 11.9. The third-order valence-electron chi connectivity index (χ3n) is 3.62. The number of pyridine rings is 1. The van der Waals surface area contributed by atoms with Gasteiger partial charge in [0, 0.05) is 17.1 Å². The second-order valence-corrected chi connectivity index (χ2v) is 5.83. The highest BCUT2D eigenvalue weighted by atomic mass is 35.5. The van der Waals surface area contributed by atoms with Gasteiger partial charge in [-0.3, -0.25) is 4.98 Å². The topological polar surface area (TPSA) is 12.9 Å². The Balaban J connectivity index is 2.31. The Hall–Kier alpha value is -1.93. The van der Waals surface area contributed by atoms with Crippen LogP contribution in [0.25, 0.3) is 22.0 Å². The molecule has 0 spiro atoms. The number of hydrogen-bond donors (Lipinski definition) is 0. The van der Waals surface area contributed by atoms with Crippen molar-refractivity contribution in [3.05, 3.63) is 65.1 Å². The molecule has 0 amide bonds. The maximum Gasteiger partial charge on any atom is 0.141 e. The molecule has 106 valence electrons. The summed E-state index contributed by atoms with van der Waals surface area (Å²) in [6.45, 7) is 4.30. The first-order valence-corrected chi connectivity index (χ1v) is 7.28. The molecule has 1 heterocycles. The van der Waals surface area contributed by atoms with E-state index < -0.39 is 5.82 Å². The molecule has 0 saturated carbocycles. The van der Waals surface area contributed by atoms with Gasteiger partial charge < -0.3 is 0 Å². The summed E-state index contributed by atoms with van der Waals surface area (Å²) in [5.74, 6) is 0.00183. The van der Waals surface area contributed by atoms with Gasteiger partial charge in [0.15, 0.2) is 0 Å². The van der Waals surface area contributed by atoms with Crippen molar-refractivity contribution in [3.63, 3.8) is 0 Å². The normalized spacial score (nSPS) is 11.3. The van der Waals surface area contributed by atoms with E-state index in [0.29, 0.717) is 5.92 Å². The number of halogens is 2. The standard InChI is InChI=1S/C18H15ClFN/c1-11(2)14-8-13-4-3-7-21-18(13)15(9-14)12-5-6-17(20)16(19)10-12/h3-11H,1-2H3. The number of rotatable bonds is 2. The second-order valence-electron chi connectivity index (χ2n) is 5.43. The Morgan fingerprint density at radius 3 is 2.62 bits per heavy atom. The molecule has 1 nitrogen and oxygen atoms in total. The number of hydrogen-bond acceptors (Lipinski definition) is 1. The molecule has 0 N–H and O–H groups in total. The van der Waals surface area contributed by atoms with Crippen molar-refractivity contribution in [1.29, 1.82) is 0 Å². The Bertz CT molecular complexity index is 811. The van der Waals surface area contributed by atoms with Crippen LogP contribution in [0.1, 0.15) is 25.3 Å². The maximum absolute atomic E-state index is 13.4. The molecule has 0 bridgehead atoms. The van der Waals surface area contributed by atoms with Crippen molar-refractivity contribution in [2.45, 2.75) is 19.8 Å². The van der Waals surface area contributed by atoms with Crippen LogP contribution >= 0.6 is 11.6 Å². The van der Waals surface area contributed by atoms with Crippen LogP contribution in [0.4, 0.5) is 4.39 Å². The van der Waals surface area contributed by atoms with Gasteiger partial charge in [-0.15, -0.1) is 0 Å². The minimum atomic E-state index is -0.405. The van der Waals surface area contributed by atoms with E-state index in [1.54, 1.807) is 18.3 Å². The van der Waals surface area contributed by atoms with Gasteiger partial charge in [-0.25, -0.2) is 4.39 Å². The quantitative estimate of drug-likeness (QED) is 0.581. The number of fused-ring (bicyclic) bond motifs is 1. The van der Waals surface area contributed by atoms with E-state index in [4.69, 9.17) is 11.6 Å². The third-order valence-corrected chi connectivity index (χ3v) is 3.91. The van der Waals surface area contributed by atoms with Gasteiger partial charge in [0.1, 0.15) is 5.82 Å². The molecule has 0 aliphatic heterocycles. The summed E-state index contributed by atoms with van der Waals surface area (Å²) in [4.78, 5) is 4.47. The summed E-state index contributed by atoms with van der Waals surface area (Å²) in [7, 11) is 0. The first kappa shape index (κ1) is 14.0. The SMILES string of the molecule is CC(C)c1cc(-c2ccc(F)c(Cl)c2)c2ncccc2c1. The lowest BCUT2D eigenvalue weighted by atomic mass is 9.94. The van der Waals surface area contributed by atoms with Crippen LogP contribution in [0.5, 0.6) is 0 Å². The van der Waals surface area contributed by atoms with E-state index in [9.17, 15) is 4.39 Å². The monoisotopic (exact) mass is 299 g/mol. The van der Waals surface area contributed by atoms with E-state index in [1.165, 1.54) is 11.6 Å². The lowest BCUT2D eigenvalue weighted by Crippen LogP contribution is -1.92. The van der Waals surface area contributed by atoms with E-state index in [2.05, 4.69) is 31.0 Å². The molecule has 3 rings (SSSR count). The summed E-state index contributed by atoms with van der Waals surface area (Å²) >= 11 is 5.92. The van der Waals surface area contributed by atoms with Crippen LogP contribution in [-0.4, -0.2) is 4.98 Å². The smallest absolute Gasteiger partial charge is 0.141 e. The molecule has 0 aliphatic carbocycles. The predicted molar refractivity (Wildman–Crippen MR) is 86.2 cm³/mol. The maximum atomic E-state index is 13.4. The summed E-state index contributed by atoms with van der Waals surface area (Å²) in [5, 5.41) is 1.21. The molecule has 0 fully saturated rings. The summed E-state index contributed by atoms with van der Waals surface area (Å²) in [5.41, 5.74) is 4.00. The minimum Gasteiger partial charge on any atom is -0.256 e. The van der Waals surface area contributed by atoms with Gasteiger partial charge in [0.25, 0.3) is 0 Å². The van der Waals surface area contributed by atoms with Crippen molar-refractivity contribution in [3.8, 4) is 11.1 Å². The molecule has 3 aromatic rings. The van der Waals surface area contributed by atoms with Gasteiger partial charge in [-0.1, -0.05) is 37.6 Å². The van der Waals surface area contributed by atoms with Gasteiger partial charge in [-0.05, 0) is 47.4 Å². The highest BCUT2D eigenvalue weighted by Crippen LogP contribution is 2.33. The summed E-state index contributed by atoms with van der Waals surface area (Å²) in [6, 6.07) is 13.0. The van der Waals surface area contributed by atoms with E-state index in [-0.39, 0.29) is 5.02 Å². The minimum absolute atomic E-state index is 0.131. The van der Waals surface area contributed by atoms with Crippen molar-refractivity contribution < 1.29 is 4.39 Å². The van der Waals surface area contributed by atoms with E-state index in [1.807, 2.05) is 12.1 Å². The Morgan fingerprint density at radius 2 is 1.90 bits per heavy atom. The second kappa shape index (κ2) is 5.45. The average molecular weight is 300 g/mol. The van der Waals surface area contributed by atoms with Crippen molar-refractivity contribution in [2.24, 2.45) is 0 Å². The molecule has 21 heavy (non-hydrogen) atoms. The molecule has 3 heteroatoms. The van der Waals surface area contributed by atoms with Crippen LogP contribution in [0.2, 0.25) is 5.02 Å². The van der Waals surface area contributed by atoms with Crippen LogP contribution in [0.15, 0.2) is 48.7 Å². The van der Waals surface area contributed by atoms with Gasteiger partial charge in [-0.2, -0.15) is 0 Å². The first-order valence-electron chi connectivity index (χ1n) is 6.90. The number of aromatic nitrogens is 1. The lowest BCUT2D eigenvalue weighted by Gasteiger charge is -2.12. The molecule has 0 unspecified atom stereocenters. The molecule has 0 atom stereocenters. The fourth-order valence-corrected chi connectivity index (χ4v) is 2.61. The number of nitrogens with zero attached hydrogens (tertiary/aromatic N) is 1. The zero-order valence-corrected chi connectivity index (χ0v) is 12.7. The molecule has 0 aliphatic rings. The van der Waals surface area contributed by atoms with Crippen LogP contribution < -0.4 is 0 Å². The van der Waals surface area contributed by atoms with Crippen LogP contribution in [0.3, 0.4) is 0 Å².